The van der Waals surface area contributed by atoms with Crippen LogP contribution < -0.4 is 5.32 Å². The van der Waals surface area contributed by atoms with Gasteiger partial charge in [-0.2, -0.15) is 0 Å². The molecule has 17 heavy (non-hydrogen) atoms. The zero-order chi connectivity index (χ0) is 12.0. The van der Waals surface area contributed by atoms with Crippen molar-refractivity contribution < 1.29 is 9.84 Å². The van der Waals surface area contributed by atoms with Crippen LogP contribution in [0.25, 0.3) is 0 Å². The molecule has 0 amide bonds. The van der Waals surface area contributed by atoms with Crippen LogP contribution in [0.3, 0.4) is 0 Å². The van der Waals surface area contributed by atoms with Gasteiger partial charge in [0, 0.05) is 6.61 Å². The van der Waals surface area contributed by atoms with Crippen molar-refractivity contribution in [3.63, 3.8) is 0 Å². The topological polar surface area (TPSA) is 41.5 Å². The number of piperidine rings is 1. The van der Waals surface area contributed by atoms with Crippen molar-refractivity contribution in [3.8, 4) is 0 Å². The molecule has 1 saturated heterocycles. The van der Waals surface area contributed by atoms with Crippen LogP contribution in [0.1, 0.15) is 51.4 Å². The second kappa shape index (κ2) is 6.72. The molecular weight excluding hydrogens is 214 g/mol. The lowest BCUT2D eigenvalue weighted by molar-refractivity contribution is -0.0712. The molecule has 2 N–H and O–H groups in total. The number of nitrogens with one attached hydrogen (secondary N) is 1. The van der Waals surface area contributed by atoms with E-state index in [4.69, 9.17) is 4.74 Å². The van der Waals surface area contributed by atoms with Gasteiger partial charge in [-0.15, -0.1) is 0 Å². The molecule has 0 aromatic carbocycles. The van der Waals surface area contributed by atoms with Crippen LogP contribution in [0.15, 0.2) is 0 Å². The third-order valence-electron chi connectivity index (χ3n) is 4.23. The normalized spacial score (nSPS) is 26.6. The number of ether oxygens (including phenoxy) is 1. The van der Waals surface area contributed by atoms with Gasteiger partial charge in [0.1, 0.15) is 0 Å². The van der Waals surface area contributed by atoms with Crippen molar-refractivity contribution in [2.24, 2.45) is 5.92 Å². The Morgan fingerprint density at radius 3 is 2.35 bits per heavy atom. The van der Waals surface area contributed by atoms with Crippen LogP contribution >= 0.6 is 0 Å². The Labute approximate surface area is 105 Å². The maximum atomic E-state index is 10.3. The van der Waals surface area contributed by atoms with Gasteiger partial charge in [0.2, 0.25) is 0 Å². The van der Waals surface area contributed by atoms with Gasteiger partial charge in [-0.05, 0) is 44.7 Å². The van der Waals surface area contributed by atoms with Crippen molar-refractivity contribution in [1.29, 1.82) is 0 Å². The second-order valence-corrected chi connectivity index (χ2v) is 5.85. The summed E-state index contributed by atoms with van der Waals surface area (Å²) < 4.78 is 5.79. The van der Waals surface area contributed by atoms with Gasteiger partial charge in [-0.25, -0.2) is 0 Å². The fraction of sp³-hybridized carbons (Fsp3) is 1.00. The molecule has 0 aromatic heterocycles. The molecule has 0 atom stereocenters. The fourth-order valence-electron chi connectivity index (χ4n) is 2.98. The van der Waals surface area contributed by atoms with Crippen LogP contribution in [0.2, 0.25) is 0 Å². The maximum Gasteiger partial charge on any atom is 0.0904 e. The molecule has 3 nitrogen and oxygen atoms in total. The molecule has 1 heterocycles. The van der Waals surface area contributed by atoms with E-state index >= 15 is 0 Å². The van der Waals surface area contributed by atoms with E-state index in [0.717, 1.165) is 38.5 Å². The summed E-state index contributed by atoms with van der Waals surface area (Å²) in [5, 5.41) is 13.6. The Balaban J connectivity index is 1.63. The summed E-state index contributed by atoms with van der Waals surface area (Å²) in [6.07, 6.45) is 9.82. The average molecular weight is 241 g/mol. The lowest BCUT2D eigenvalue weighted by Crippen LogP contribution is -2.45. The van der Waals surface area contributed by atoms with Gasteiger partial charge >= 0.3 is 0 Å². The molecule has 100 valence electrons. The maximum absolute atomic E-state index is 10.3. The number of rotatable bonds is 4. The number of hydrogen-bond acceptors (Lipinski definition) is 3. The summed E-state index contributed by atoms with van der Waals surface area (Å²) in [6.45, 7) is 3.23. The molecule has 0 aromatic rings. The van der Waals surface area contributed by atoms with Crippen LogP contribution in [0, 0.1) is 5.92 Å². The quantitative estimate of drug-likeness (QED) is 0.741. The van der Waals surface area contributed by atoms with E-state index in [1.54, 1.807) is 0 Å². The first-order valence-electron chi connectivity index (χ1n) is 7.29. The average Bonchev–Trinajstić information content (AvgIpc) is 2.58. The Hall–Kier alpha value is -0.120. The van der Waals surface area contributed by atoms with Crippen LogP contribution in [0.4, 0.5) is 0 Å². The smallest absolute Gasteiger partial charge is 0.0904 e. The predicted octanol–water partition coefficient (Wildman–Crippen LogP) is 2.09. The van der Waals surface area contributed by atoms with Crippen molar-refractivity contribution in [3.05, 3.63) is 0 Å². The molecule has 0 unspecified atom stereocenters. The predicted molar refractivity (Wildman–Crippen MR) is 69.1 cm³/mol. The lowest BCUT2D eigenvalue weighted by Gasteiger charge is -2.32. The highest BCUT2D eigenvalue weighted by molar-refractivity contribution is 4.84. The van der Waals surface area contributed by atoms with Crippen molar-refractivity contribution in [2.75, 3.05) is 26.3 Å². The van der Waals surface area contributed by atoms with Crippen LogP contribution in [-0.4, -0.2) is 37.0 Å². The van der Waals surface area contributed by atoms with E-state index in [0.29, 0.717) is 6.61 Å². The Morgan fingerprint density at radius 1 is 1.06 bits per heavy atom. The minimum atomic E-state index is -0.560. The Bertz CT molecular complexity index is 206. The van der Waals surface area contributed by atoms with Gasteiger partial charge in [-0.3, -0.25) is 0 Å². The Morgan fingerprint density at radius 2 is 1.71 bits per heavy atom. The van der Waals surface area contributed by atoms with Gasteiger partial charge in [0.25, 0.3) is 0 Å². The SMILES string of the molecule is OC1(COCC2CCCCCC2)CCNCC1. The zero-order valence-electron chi connectivity index (χ0n) is 10.9. The molecule has 3 heteroatoms. The standard InChI is InChI=1S/C14H27NO2/c16-14(7-9-15-10-8-14)12-17-11-13-5-3-1-2-4-6-13/h13,15-16H,1-12H2. The lowest BCUT2D eigenvalue weighted by atomic mass is 9.93. The molecule has 2 fully saturated rings. The van der Waals surface area contributed by atoms with Crippen molar-refractivity contribution in [1.82, 2.24) is 5.32 Å². The van der Waals surface area contributed by atoms with E-state index in [-0.39, 0.29) is 0 Å². The third kappa shape index (κ3) is 4.57. The van der Waals surface area contributed by atoms with Gasteiger partial charge in [-0.1, -0.05) is 25.7 Å². The van der Waals surface area contributed by atoms with Gasteiger partial charge < -0.3 is 15.2 Å². The summed E-state index contributed by atoms with van der Waals surface area (Å²) in [4.78, 5) is 0. The summed E-state index contributed by atoms with van der Waals surface area (Å²) in [7, 11) is 0. The summed E-state index contributed by atoms with van der Waals surface area (Å²) >= 11 is 0. The molecule has 2 aliphatic rings. The first-order chi connectivity index (χ1) is 8.29. The minimum absolute atomic E-state index is 0.533. The molecular formula is C14H27NO2. The summed E-state index contributed by atoms with van der Waals surface area (Å²) in [5.74, 6) is 0.739. The highest BCUT2D eigenvalue weighted by Crippen LogP contribution is 2.24. The molecule has 0 radical (unpaired) electrons. The van der Waals surface area contributed by atoms with E-state index < -0.39 is 5.60 Å². The molecule has 1 aliphatic heterocycles. The highest BCUT2D eigenvalue weighted by Gasteiger charge is 2.29. The molecule has 0 spiro atoms. The number of aliphatic hydroxyl groups is 1. The highest BCUT2D eigenvalue weighted by atomic mass is 16.5. The monoisotopic (exact) mass is 241 g/mol. The van der Waals surface area contributed by atoms with E-state index in [9.17, 15) is 5.11 Å². The Kier molecular flexibility index (Phi) is 5.26. The van der Waals surface area contributed by atoms with Crippen molar-refractivity contribution >= 4 is 0 Å². The molecule has 2 rings (SSSR count). The van der Waals surface area contributed by atoms with Gasteiger partial charge in [0.15, 0.2) is 0 Å². The van der Waals surface area contributed by atoms with Gasteiger partial charge in [0.05, 0.1) is 12.2 Å². The fourth-order valence-corrected chi connectivity index (χ4v) is 2.98. The van der Waals surface area contributed by atoms with E-state index in [2.05, 4.69) is 5.32 Å². The van der Waals surface area contributed by atoms with E-state index in [1.807, 2.05) is 0 Å². The minimum Gasteiger partial charge on any atom is -0.387 e. The summed E-state index contributed by atoms with van der Waals surface area (Å²) in [5.41, 5.74) is -0.560. The largest absolute Gasteiger partial charge is 0.387 e. The first kappa shape index (κ1) is 13.3. The molecule has 1 aliphatic carbocycles. The summed E-state index contributed by atoms with van der Waals surface area (Å²) in [6, 6.07) is 0. The van der Waals surface area contributed by atoms with Crippen LogP contribution in [-0.2, 0) is 4.74 Å². The second-order valence-electron chi connectivity index (χ2n) is 5.85. The number of hydrogen-bond donors (Lipinski definition) is 2. The molecule has 0 bridgehead atoms. The molecule has 1 saturated carbocycles. The van der Waals surface area contributed by atoms with E-state index in [1.165, 1.54) is 38.5 Å². The third-order valence-corrected chi connectivity index (χ3v) is 4.23. The van der Waals surface area contributed by atoms with Crippen LogP contribution in [0.5, 0.6) is 0 Å². The zero-order valence-corrected chi connectivity index (χ0v) is 10.9. The first-order valence-corrected chi connectivity index (χ1v) is 7.29. The van der Waals surface area contributed by atoms with Crippen molar-refractivity contribution in [2.45, 2.75) is 57.0 Å².